The van der Waals surface area contributed by atoms with Crippen molar-refractivity contribution in [3.63, 3.8) is 0 Å². The van der Waals surface area contributed by atoms with Crippen LogP contribution in [0.15, 0.2) is 35.1 Å². The van der Waals surface area contributed by atoms with Crippen LogP contribution in [0, 0.1) is 0 Å². The smallest absolute Gasteiger partial charge is 0.353 e. The molecule has 0 saturated heterocycles. The minimum Gasteiger partial charge on any atom is -0.477 e. The van der Waals surface area contributed by atoms with E-state index in [1.165, 1.54) is 0 Å². The molecule has 0 aliphatic rings. The Bertz CT molecular complexity index is 817. The Labute approximate surface area is 120 Å². The van der Waals surface area contributed by atoms with Crippen molar-refractivity contribution in [2.75, 3.05) is 6.26 Å². The van der Waals surface area contributed by atoms with Crippen LogP contribution in [-0.2, 0) is 16.6 Å². The van der Waals surface area contributed by atoms with Crippen molar-refractivity contribution in [3.8, 4) is 5.69 Å². The van der Waals surface area contributed by atoms with Gasteiger partial charge in [-0.15, -0.1) is 0 Å². The largest absolute Gasteiger partial charge is 0.477 e. The molecule has 3 N–H and O–H groups in total. The van der Waals surface area contributed by atoms with Crippen LogP contribution in [0.5, 0.6) is 0 Å². The van der Waals surface area contributed by atoms with E-state index < -0.39 is 21.6 Å². The highest BCUT2D eigenvalue weighted by atomic mass is 32.2. The fourth-order valence-electron chi connectivity index (χ4n) is 1.67. The van der Waals surface area contributed by atoms with Crippen LogP contribution in [0.3, 0.4) is 0 Å². The summed E-state index contributed by atoms with van der Waals surface area (Å²) in [5, 5.41) is 11.3. The van der Waals surface area contributed by atoms with Gasteiger partial charge in [0.05, 0.1) is 11.9 Å². The molecule has 0 radical (unpaired) electrons. The zero-order valence-corrected chi connectivity index (χ0v) is 11.8. The number of hydrogen-bond donors (Lipinski definition) is 3. The van der Waals surface area contributed by atoms with Crippen LogP contribution < -0.4 is 10.3 Å². The number of nitrogens with zero attached hydrogens (tertiary/aromatic N) is 1. The summed E-state index contributed by atoms with van der Waals surface area (Å²) in [6.07, 6.45) is 1.06. The number of nitrogens with one attached hydrogen (secondary N) is 2. The maximum atomic E-state index is 11.7. The lowest BCUT2D eigenvalue weighted by atomic mass is 10.2. The molecule has 0 bridgehead atoms. The second-order valence-corrected chi connectivity index (χ2v) is 6.24. The molecule has 1 aromatic carbocycles. The van der Waals surface area contributed by atoms with E-state index in [9.17, 15) is 18.0 Å². The fourth-order valence-corrected chi connectivity index (χ4v) is 2.10. The molecule has 0 amide bonds. The van der Waals surface area contributed by atoms with Gasteiger partial charge in [-0.1, -0.05) is 12.1 Å². The highest BCUT2D eigenvalue weighted by Gasteiger charge is 2.10. The number of aromatic amines is 1. The number of rotatable bonds is 5. The number of aromatic carboxylic acids is 1. The van der Waals surface area contributed by atoms with E-state index in [-0.39, 0.29) is 12.2 Å². The van der Waals surface area contributed by atoms with Gasteiger partial charge < -0.3 is 5.11 Å². The molecule has 0 aliphatic carbocycles. The number of benzene rings is 1. The zero-order valence-electron chi connectivity index (χ0n) is 11.0. The van der Waals surface area contributed by atoms with Crippen LogP contribution in [-0.4, -0.2) is 35.5 Å². The zero-order chi connectivity index (χ0) is 15.6. The summed E-state index contributed by atoms with van der Waals surface area (Å²) in [5.41, 5.74) is 0.468. The predicted molar refractivity (Wildman–Crippen MR) is 75.0 cm³/mol. The molecule has 0 fully saturated rings. The monoisotopic (exact) mass is 311 g/mol. The number of carboxylic acids is 1. The van der Waals surface area contributed by atoms with Gasteiger partial charge in [0.25, 0.3) is 5.56 Å². The molecule has 112 valence electrons. The lowest BCUT2D eigenvalue weighted by molar-refractivity contribution is 0.0690. The third-order valence-electron chi connectivity index (χ3n) is 2.68. The third kappa shape index (κ3) is 3.80. The molecule has 1 heterocycles. The van der Waals surface area contributed by atoms with E-state index in [2.05, 4.69) is 9.82 Å². The van der Waals surface area contributed by atoms with E-state index in [0.717, 1.165) is 17.0 Å². The van der Waals surface area contributed by atoms with Gasteiger partial charge in [0.15, 0.2) is 0 Å². The van der Waals surface area contributed by atoms with E-state index >= 15 is 0 Å². The van der Waals surface area contributed by atoms with Crippen LogP contribution >= 0.6 is 0 Å². The van der Waals surface area contributed by atoms with Gasteiger partial charge in [-0.2, -0.15) is 0 Å². The molecular formula is C12H13N3O5S. The molecule has 21 heavy (non-hydrogen) atoms. The predicted octanol–water partition coefficient (Wildman–Crippen LogP) is -0.0870. The highest BCUT2D eigenvalue weighted by Crippen LogP contribution is 2.08. The Hall–Kier alpha value is -2.39. The number of carbonyl (C=O) groups is 1. The van der Waals surface area contributed by atoms with Crippen LogP contribution in [0.4, 0.5) is 0 Å². The van der Waals surface area contributed by atoms with E-state index in [1.807, 2.05) is 0 Å². The van der Waals surface area contributed by atoms with Crippen molar-refractivity contribution in [3.05, 3.63) is 51.9 Å². The van der Waals surface area contributed by atoms with Crippen molar-refractivity contribution >= 4 is 16.0 Å². The minimum absolute atomic E-state index is 0.138. The Morgan fingerprint density at radius 1 is 1.33 bits per heavy atom. The van der Waals surface area contributed by atoms with Crippen LogP contribution in [0.2, 0.25) is 0 Å². The van der Waals surface area contributed by atoms with Gasteiger partial charge >= 0.3 is 5.97 Å². The molecule has 0 saturated carbocycles. The molecule has 2 aromatic rings. The Morgan fingerprint density at radius 3 is 2.43 bits per heavy atom. The lowest BCUT2D eigenvalue weighted by Gasteiger charge is -2.05. The highest BCUT2D eigenvalue weighted by molar-refractivity contribution is 7.88. The summed E-state index contributed by atoms with van der Waals surface area (Å²) in [6, 6.07) is 7.44. The molecule has 0 spiro atoms. The average Bonchev–Trinajstić information content (AvgIpc) is 2.78. The van der Waals surface area contributed by atoms with Gasteiger partial charge in [-0.05, 0) is 17.7 Å². The number of carboxylic acid groups (broad SMARTS) is 1. The normalized spacial score (nSPS) is 11.5. The van der Waals surface area contributed by atoms with Crippen molar-refractivity contribution in [2.45, 2.75) is 6.54 Å². The number of aromatic nitrogens is 2. The molecular weight excluding hydrogens is 298 g/mol. The number of sulfonamides is 1. The van der Waals surface area contributed by atoms with Gasteiger partial charge in [-0.25, -0.2) is 22.6 Å². The third-order valence-corrected chi connectivity index (χ3v) is 3.35. The molecule has 1 aromatic heterocycles. The minimum atomic E-state index is -3.27. The van der Waals surface area contributed by atoms with E-state index in [4.69, 9.17) is 5.11 Å². The van der Waals surface area contributed by atoms with Gasteiger partial charge in [0.1, 0.15) is 5.69 Å². The van der Waals surface area contributed by atoms with E-state index in [0.29, 0.717) is 11.3 Å². The van der Waals surface area contributed by atoms with Crippen molar-refractivity contribution < 1.29 is 18.3 Å². The standard InChI is InChI=1S/C12H13N3O5S/c1-21(19,20)13-7-8-2-4-9(5-3-8)15-11(16)6-10(14-15)12(17)18/h2-6,13-14H,7H2,1H3,(H,17,18). The molecule has 2 rings (SSSR count). The van der Waals surface area contributed by atoms with Gasteiger partial charge in [0, 0.05) is 12.6 Å². The molecule has 8 nitrogen and oxygen atoms in total. The summed E-state index contributed by atoms with van der Waals surface area (Å²) in [7, 11) is -3.27. The molecule has 0 unspecified atom stereocenters. The van der Waals surface area contributed by atoms with Gasteiger partial charge in [0.2, 0.25) is 10.0 Å². The molecule has 0 aliphatic heterocycles. The van der Waals surface area contributed by atoms with Crippen LogP contribution in [0.1, 0.15) is 16.1 Å². The summed E-state index contributed by atoms with van der Waals surface area (Å²) >= 11 is 0. The average molecular weight is 311 g/mol. The van der Waals surface area contributed by atoms with Gasteiger partial charge in [-0.3, -0.25) is 9.89 Å². The van der Waals surface area contributed by atoms with Crippen molar-refractivity contribution in [1.29, 1.82) is 0 Å². The summed E-state index contributed by atoms with van der Waals surface area (Å²) < 4.78 is 25.4. The SMILES string of the molecule is CS(=O)(=O)NCc1ccc(-n2[nH]c(C(=O)O)cc2=O)cc1. The Morgan fingerprint density at radius 2 is 1.95 bits per heavy atom. The summed E-state index contributed by atoms with van der Waals surface area (Å²) in [4.78, 5) is 22.4. The quantitative estimate of drug-likeness (QED) is 0.712. The Balaban J connectivity index is 2.23. The second-order valence-electron chi connectivity index (χ2n) is 4.41. The van der Waals surface area contributed by atoms with Crippen molar-refractivity contribution in [1.82, 2.24) is 14.5 Å². The lowest BCUT2D eigenvalue weighted by Crippen LogP contribution is -2.21. The maximum absolute atomic E-state index is 11.7. The first-order chi connectivity index (χ1) is 9.76. The maximum Gasteiger partial charge on any atom is 0.353 e. The second kappa shape index (κ2) is 5.54. The fraction of sp³-hybridized carbons (Fsp3) is 0.167. The molecule has 9 heteroatoms. The Kier molecular flexibility index (Phi) is 3.96. The number of H-pyrrole nitrogens is 1. The first kappa shape index (κ1) is 15.0. The van der Waals surface area contributed by atoms with E-state index in [1.54, 1.807) is 24.3 Å². The molecule has 0 atom stereocenters. The topological polar surface area (TPSA) is 121 Å². The number of hydrogen-bond acceptors (Lipinski definition) is 4. The van der Waals surface area contributed by atoms with Crippen molar-refractivity contribution in [2.24, 2.45) is 0 Å². The first-order valence-corrected chi connectivity index (χ1v) is 7.75. The summed E-state index contributed by atoms with van der Waals surface area (Å²) in [6.45, 7) is 0.138. The van der Waals surface area contributed by atoms with Crippen LogP contribution in [0.25, 0.3) is 5.69 Å². The first-order valence-electron chi connectivity index (χ1n) is 5.85. The summed E-state index contributed by atoms with van der Waals surface area (Å²) in [5.74, 6) is -1.22.